The van der Waals surface area contributed by atoms with Gasteiger partial charge in [-0.15, -0.1) is 21.5 Å². The topological polar surface area (TPSA) is 115 Å². The van der Waals surface area contributed by atoms with Crippen LogP contribution in [0.3, 0.4) is 0 Å². The molecule has 2 aromatic heterocycles. The summed E-state index contributed by atoms with van der Waals surface area (Å²) < 4.78 is 56.1. The minimum atomic E-state index is -2.26. The van der Waals surface area contributed by atoms with Gasteiger partial charge in [0.2, 0.25) is 11.8 Å². The number of hydrogen-bond donors (Lipinski definition) is 2. The van der Waals surface area contributed by atoms with Crippen LogP contribution in [0.2, 0.25) is 0 Å². The fourth-order valence-corrected chi connectivity index (χ4v) is 4.86. The first kappa shape index (κ1) is 23.2. The second-order valence-electron chi connectivity index (χ2n) is 7.54. The number of rotatable bonds is 7. The molecule has 3 N–H and O–H groups in total. The van der Waals surface area contributed by atoms with Gasteiger partial charge < -0.3 is 14.7 Å². The maximum atomic E-state index is 15.0. The number of nitrogens with zero attached hydrogens (tertiary/aromatic N) is 3. The van der Waals surface area contributed by atoms with Gasteiger partial charge in [-0.2, -0.15) is 0 Å². The predicted octanol–water partition coefficient (Wildman–Crippen LogP) is 4.50. The van der Waals surface area contributed by atoms with Gasteiger partial charge >= 0.3 is 0 Å². The number of nitrogens with two attached hydrogens (primary N) is 1. The zero-order chi connectivity index (χ0) is 22.9. The van der Waals surface area contributed by atoms with Gasteiger partial charge in [-0.1, -0.05) is 13.8 Å². The first-order valence-electron chi connectivity index (χ1n) is 9.33. The summed E-state index contributed by atoms with van der Waals surface area (Å²) in [4.78, 5) is 4.74. The van der Waals surface area contributed by atoms with Crippen LogP contribution in [0.5, 0.6) is 0 Å². The number of benzene rings is 1. The molecule has 1 unspecified atom stereocenters. The Balaban J connectivity index is 2.11. The highest BCUT2D eigenvalue weighted by molar-refractivity contribution is 7.79. The summed E-state index contributed by atoms with van der Waals surface area (Å²) in [6.45, 7) is 6.79. The summed E-state index contributed by atoms with van der Waals surface area (Å²) in [6.07, 6.45) is 0. The van der Waals surface area contributed by atoms with Crippen molar-refractivity contribution in [2.75, 3.05) is 5.75 Å². The first-order valence-corrected chi connectivity index (χ1v) is 11.4. The largest absolute Gasteiger partial charge is 0.421 e. The van der Waals surface area contributed by atoms with E-state index in [-0.39, 0.29) is 38.7 Å². The summed E-state index contributed by atoms with van der Waals surface area (Å²) >= 11 is -1.31. The van der Waals surface area contributed by atoms with Crippen molar-refractivity contribution in [3.8, 4) is 21.9 Å². The third-order valence-electron chi connectivity index (χ3n) is 4.55. The Kier molecular flexibility index (Phi) is 6.68. The quantitative estimate of drug-likeness (QED) is 0.300. The van der Waals surface area contributed by atoms with Crippen LogP contribution in [0, 0.1) is 24.5 Å². The lowest BCUT2D eigenvalue weighted by atomic mass is 10.0. The molecule has 31 heavy (non-hydrogen) atoms. The molecule has 0 spiro atoms. The molecule has 0 aliphatic rings. The number of aromatic nitrogens is 2. The minimum Gasteiger partial charge on any atom is -0.421 e. The van der Waals surface area contributed by atoms with E-state index in [1.165, 1.54) is 31.2 Å². The van der Waals surface area contributed by atoms with E-state index in [4.69, 9.17) is 10.2 Å². The molecule has 0 saturated carbocycles. The zero-order valence-corrected chi connectivity index (χ0v) is 19.0. The number of halogens is 2. The van der Waals surface area contributed by atoms with Crippen LogP contribution in [0.4, 0.5) is 8.78 Å². The Morgan fingerprint density at radius 1 is 1.32 bits per heavy atom. The molecule has 1 aromatic carbocycles. The molecule has 2 atom stereocenters. The number of amidine groups is 1. The van der Waals surface area contributed by atoms with E-state index in [9.17, 15) is 13.2 Å². The van der Waals surface area contributed by atoms with Gasteiger partial charge in [0, 0.05) is 28.8 Å². The van der Waals surface area contributed by atoms with Crippen LogP contribution >= 0.6 is 11.3 Å². The Morgan fingerprint density at radius 2 is 2.03 bits per heavy atom. The SMILES string of the molecule is Cc1nnc(-c2ccc(F)c(-c3cc(F)c([C@](C)(CS(=O)O)N=C(N)C(C)C)s3)c2)o1. The van der Waals surface area contributed by atoms with Crippen molar-refractivity contribution < 1.29 is 22.0 Å². The van der Waals surface area contributed by atoms with Crippen LogP contribution in [0.25, 0.3) is 21.9 Å². The third kappa shape index (κ3) is 5.05. The van der Waals surface area contributed by atoms with Gasteiger partial charge in [-0.05, 0) is 31.2 Å². The molecular formula is C20H22F2N4O3S2. The van der Waals surface area contributed by atoms with E-state index in [0.717, 1.165) is 11.3 Å². The molecule has 166 valence electrons. The normalized spacial score (nSPS) is 15.3. The van der Waals surface area contributed by atoms with Crippen molar-refractivity contribution >= 4 is 28.3 Å². The van der Waals surface area contributed by atoms with Gasteiger partial charge in [0.25, 0.3) is 0 Å². The van der Waals surface area contributed by atoms with Gasteiger partial charge in [-0.25, -0.2) is 13.0 Å². The maximum Gasteiger partial charge on any atom is 0.247 e. The Labute approximate surface area is 184 Å². The van der Waals surface area contributed by atoms with Crippen molar-refractivity contribution in [1.29, 1.82) is 0 Å². The van der Waals surface area contributed by atoms with Crippen LogP contribution in [0.15, 0.2) is 33.7 Å². The zero-order valence-electron chi connectivity index (χ0n) is 17.3. The molecule has 7 nitrogen and oxygen atoms in total. The van der Waals surface area contributed by atoms with Crippen molar-refractivity contribution in [2.45, 2.75) is 33.2 Å². The maximum absolute atomic E-state index is 15.0. The summed E-state index contributed by atoms with van der Waals surface area (Å²) in [5.41, 5.74) is 5.19. The number of hydrogen-bond acceptors (Lipinski definition) is 6. The highest BCUT2D eigenvalue weighted by atomic mass is 32.2. The van der Waals surface area contributed by atoms with Gasteiger partial charge in [0.05, 0.1) is 16.5 Å². The molecular weight excluding hydrogens is 446 g/mol. The monoisotopic (exact) mass is 468 g/mol. The Morgan fingerprint density at radius 3 is 2.61 bits per heavy atom. The molecule has 0 bridgehead atoms. The molecule has 0 amide bonds. The smallest absolute Gasteiger partial charge is 0.247 e. The highest BCUT2D eigenvalue weighted by Gasteiger charge is 2.35. The van der Waals surface area contributed by atoms with Crippen LogP contribution in [-0.4, -0.2) is 30.5 Å². The lowest BCUT2D eigenvalue weighted by Gasteiger charge is -2.24. The number of aryl methyl sites for hydroxylation is 1. The number of thiophene rings is 1. The first-order chi connectivity index (χ1) is 14.5. The molecule has 0 fully saturated rings. The van der Waals surface area contributed by atoms with Crippen LogP contribution < -0.4 is 5.73 Å². The second kappa shape index (κ2) is 8.93. The van der Waals surface area contributed by atoms with E-state index < -0.39 is 28.3 Å². The van der Waals surface area contributed by atoms with Gasteiger partial charge in [0.15, 0.2) is 11.1 Å². The molecule has 0 aliphatic heterocycles. The average molecular weight is 469 g/mol. The third-order valence-corrected chi connectivity index (χ3v) is 6.76. The van der Waals surface area contributed by atoms with E-state index in [0.29, 0.717) is 11.5 Å². The van der Waals surface area contributed by atoms with Crippen molar-refractivity contribution in [3.05, 3.63) is 46.7 Å². The molecule has 0 radical (unpaired) electrons. The summed E-state index contributed by atoms with van der Waals surface area (Å²) in [5.74, 6) is -0.925. The molecule has 11 heteroatoms. The molecule has 3 aromatic rings. The Hall–Kier alpha value is -2.50. The summed E-state index contributed by atoms with van der Waals surface area (Å²) in [7, 11) is 0. The molecule has 3 rings (SSSR count). The predicted molar refractivity (Wildman–Crippen MR) is 117 cm³/mol. The van der Waals surface area contributed by atoms with E-state index in [1.807, 2.05) is 13.8 Å². The van der Waals surface area contributed by atoms with Crippen molar-refractivity contribution in [1.82, 2.24) is 10.2 Å². The van der Waals surface area contributed by atoms with Gasteiger partial charge in [0.1, 0.15) is 17.2 Å². The lowest BCUT2D eigenvalue weighted by Crippen LogP contribution is -2.32. The number of aliphatic imine (C=N–C) groups is 1. The lowest BCUT2D eigenvalue weighted by molar-refractivity contribution is 0.494. The second-order valence-corrected chi connectivity index (χ2v) is 9.52. The van der Waals surface area contributed by atoms with E-state index in [1.54, 1.807) is 6.92 Å². The molecule has 0 aliphatic carbocycles. The summed E-state index contributed by atoms with van der Waals surface area (Å²) in [6, 6.07) is 5.40. The summed E-state index contributed by atoms with van der Waals surface area (Å²) in [5, 5.41) is 7.68. The van der Waals surface area contributed by atoms with Crippen molar-refractivity contribution in [3.63, 3.8) is 0 Å². The Bertz CT molecular complexity index is 1160. The fourth-order valence-electron chi connectivity index (χ4n) is 2.93. The molecule has 2 heterocycles. The van der Waals surface area contributed by atoms with Crippen LogP contribution in [0.1, 0.15) is 31.5 Å². The van der Waals surface area contributed by atoms with E-state index >= 15 is 4.39 Å². The van der Waals surface area contributed by atoms with Gasteiger partial charge in [-0.3, -0.25) is 4.99 Å². The van der Waals surface area contributed by atoms with E-state index in [2.05, 4.69) is 15.2 Å². The minimum absolute atomic E-state index is 0.0898. The highest BCUT2D eigenvalue weighted by Crippen LogP contribution is 2.41. The fraction of sp³-hybridized carbons (Fsp3) is 0.350. The van der Waals surface area contributed by atoms with Crippen LogP contribution in [-0.2, 0) is 16.6 Å². The average Bonchev–Trinajstić information content (AvgIpc) is 3.27. The van der Waals surface area contributed by atoms with Crippen molar-refractivity contribution in [2.24, 2.45) is 16.6 Å². The molecule has 0 saturated heterocycles. The standard InChI is InChI=1S/C20H22F2N4O3S2/c1-10(2)18(23)24-20(4,9-31(27)28)17-15(22)8-16(30-17)13-7-12(5-6-14(13)21)19-26-25-11(3)29-19/h5-8,10H,9H2,1-4H3,(H2,23,24)(H,27,28)/t20-/m0/s1.